The van der Waals surface area contributed by atoms with Crippen LogP contribution in [0, 0.1) is 0 Å². The first kappa shape index (κ1) is 15.8. The van der Waals surface area contributed by atoms with Gasteiger partial charge in [0.2, 0.25) is 5.91 Å². The molecule has 0 heterocycles. The van der Waals surface area contributed by atoms with Crippen LogP contribution in [-0.4, -0.2) is 32.1 Å². The third-order valence-electron chi connectivity index (χ3n) is 4.04. The zero-order valence-corrected chi connectivity index (χ0v) is 12.9. The van der Waals surface area contributed by atoms with E-state index >= 15 is 0 Å². The van der Waals surface area contributed by atoms with Crippen LogP contribution in [0.4, 0.5) is 0 Å². The Bertz CT molecular complexity index is 425. The Morgan fingerprint density at radius 1 is 1.19 bits per heavy atom. The average molecular weight is 290 g/mol. The van der Waals surface area contributed by atoms with Crippen LogP contribution in [0.25, 0.3) is 0 Å². The minimum Gasteiger partial charge on any atom is -0.497 e. The van der Waals surface area contributed by atoms with Crippen LogP contribution in [0.15, 0.2) is 24.3 Å². The zero-order valence-electron chi connectivity index (χ0n) is 12.9. The summed E-state index contributed by atoms with van der Waals surface area (Å²) in [6, 6.07) is 8.60. The van der Waals surface area contributed by atoms with E-state index in [1.807, 2.05) is 24.3 Å². The highest BCUT2D eigenvalue weighted by molar-refractivity contribution is 5.76. The summed E-state index contributed by atoms with van der Waals surface area (Å²) in [7, 11) is 1.66. The molecule has 0 saturated heterocycles. The largest absolute Gasteiger partial charge is 0.497 e. The molecule has 1 amide bonds. The molecule has 0 spiro atoms. The zero-order chi connectivity index (χ0) is 14.9. The van der Waals surface area contributed by atoms with E-state index in [-0.39, 0.29) is 5.91 Å². The average Bonchev–Trinajstić information content (AvgIpc) is 3.01. The summed E-state index contributed by atoms with van der Waals surface area (Å²) in [5.74, 6) is 0.995. The van der Waals surface area contributed by atoms with Crippen molar-refractivity contribution in [1.29, 1.82) is 0 Å². The van der Waals surface area contributed by atoms with Crippen molar-refractivity contribution < 1.29 is 9.53 Å². The summed E-state index contributed by atoms with van der Waals surface area (Å²) >= 11 is 0. The number of ether oxygens (including phenoxy) is 1. The van der Waals surface area contributed by atoms with Gasteiger partial charge in [-0.3, -0.25) is 4.79 Å². The van der Waals surface area contributed by atoms with Crippen LogP contribution in [0.2, 0.25) is 0 Å². The molecule has 0 aliphatic heterocycles. The second kappa shape index (κ2) is 8.67. The summed E-state index contributed by atoms with van der Waals surface area (Å²) in [5, 5.41) is 6.43. The van der Waals surface area contributed by atoms with Crippen LogP contribution in [0.5, 0.6) is 5.75 Å². The predicted octanol–water partition coefficient (Wildman–Crippen LogP) is 2.28. The van der Waals surface area contributed by atoms with E-state index in [9.17, 15) is 4.79 Å². The molecule has 0 aromatic heterocycles. The molecule has 0 radical (unpaired) electrons. The Hall–Kier alpha value is -1.55. The number of carbonyl (C=O) groups is 1. The van der Waals surface area contributed by atoms with Crippen molar-refractivity contribution in [1.82, 2.24) is 10.6 Å². The van der Waals surface area contributed by atoms with Gasteiger partial charge in [-0.1, -0.05) is 25.0 Å². The fraction of sp³-hybridized carbons (Fsp3) is 0.588. The molecular formula is C17H26N2O2. The lowest BCUT2D eigenvalue weighted by molar-refractivity contribution is -0.120. The predicted molar refractivity (Wildman–Crippen MR) is 84.6 cm³/mol. The van der Waals surface area contributed by atoms with Gasteiger partial charge in [0.1, 0.15) is 5.75 Å². The fourth-order valence-corrected chi connectivity index (χ4v) is 2.75. The van der Waals surface area contributed by atoms with Gasteiger partial charge in [-0.05, 0) is 37.0 Å². The van der Waals surface area contributed by atoms with E-state index < -0.39 is 0 Å². The lowest BCUT2D eigenvalue weighted by atomic mass is 10.1. The molecule has 1 fully saturated rings. The number of hydrogen-bond acceptors (Lipinski definition) is 3. The van der Waals surface area contributed by atoms with E-state index in [2.05, 4.69) is 10.6 Å². The normalized spacial score (nSPS) is 15.1. The summed E-state index contributed by atoms with van der Waals surface area (Å²) in [6.07, 6.45) is 6.60. The first-order chi connectivity index (χ1) is 10.3. The Morgan fingerprint density at radius 2 is 1.90 bits per heavy atom. The van der Waals surface area contributed by atoms with Crippen LogP contribution in [0.3, 0.4) is 0 Å². The van der Waals surface area contributed by atoms with Crippen LogP contribution in [0.1, 0.15) is 37.7 Å². The Kier molecular flexibility index (Phi) is 6.54. The Balaban J connectivity index is 1.55. The molecular weight excluding hydrogens is 264 g/mol. The maximum atomic E-state index is 11.7. The third kappa shape index (κ3) is 5.76. The van der Waals surface area contributed by atoms with Gasteiger partial charge in [-0.15, -0.1) is 0 Å². The molecule has 1 aliphatic carbocycles. The number of hydrogen-bond donors (Lipinski definition) is 2. The van der Waals surface area contributed by atoms with Crippen molar-refractivity contribution in [2.24, 2.45) is 0 Å². The maximum absolute atomic E-state index is 11.7. The number of amides is 1. The van der Waals surface area contributed by atoms with Gasteiger partial charge in [-0.2, -0.15) is 0 Å². The van der Waals surface area contributed by atoms with Crippen molar-refractivity contribution >= 4 is 5.91 Å². The van der Waals surface area contributed by atoms with E-state index in [4.69, 9.17) is 4.74 Å². The van der Waals surface area contributed by atoms with E-state index in [0.29, 0.717) is 19.0 Å². The molecule has 1 saturated carbocycles. The summed E-state index contributed by atoms with van der Waals surface area (Å²) in [6.45, 7) is 1.48. The van der Waals surface area contributed by atoms with E-state index in [1.165, 1.54) is 31.2 Å². The van der Waals surface area contributed by atoms with Gasteiger partial charge in [0.15, 0.2) is 0 Å². The number of rotatable bonds is 8. The second-order valence-electron chi connectivity index (χ2n) is 5.63. The Morgan fingerprint density at radius 3 is 2.57 bits per heavy atom. The quantitative estimate of drug-likeness (QED) is 0.772. The maximum Gasteiger partial charge on any atom is 0.221 e. The van der Waals surface area contributed by atoms with Gasteiger partial charge in [0, 0.05) is 25.6 Å². The summed E-state index contributed by atoms with van der Waals surface area (Å²) in [5.41, 5.74) is 1.21. The van der Waals surface area contributed by atoms with Crippen molar-refractivity contribution in [3.8, 4) is 5.75 Å². The molecule has 1 aromatic carbocycles. The van der Waals surface area contributed by atoms with Crippen molar-refractivity contribution in [3.05, 3.63) is 29.8 Å². The highest BCUT2D eigenvalue weighted by atomic mass is 16.5. The molecule has 21 heavy (non-hydrogen) atoms. The van der Waals surface area contributed by atoms with Crippen molar-refractivity contribution in [2.75, 3.05) is 20.2 Å². The molecule has 4 heteroatoms. The third-order valence-corrected chi connectivity index (χ3v) is 4.04. The van der Waals surface area contributed by atoms with Crippen molar-refractivity contribution in [2.45, 2.75) is 44.6 Å². The van der Waals surface area contributed by atoms with E-state index in [1.54, 1.807) is 7.11 Å². The molecule has 4 nitrogen and oxygen atoms in total. The first-order valence-electron chi connectivity index (χ1n) is 7.91. The van der Waals surface area contributed by atoms with Crippen molar-refractivity contribution in [3.63, 3.8) is 0 Å². The van der Waals surface area contributed by atoms with Gasteiger partial charge < -0.3 is 15.4 Å². The number of benzene rings is 1. The first-order valence-corrected chi connectivity index (χ1v) is 7.91. The van der Waals surface area contributed by atoms with Crippen LogP contribution in [-0.2, 0) is 11.2 Å². The molecule has 1 aliphatic rings. The number of nitrogens with one attached hydrogen (secondary N) is 2. The molecule has 0 bridgehead atoms. The molecule has 116 valence electrons. The number of carbonyl (C=O) groups excluding carboxylic acids is 1. The fourth-order valence-electron chi connectivity index (χ4n) is 2.75. The minimum absolute atomic E-state index is 0.133. The van der Waals surface area contributed by atoms with Crippen LogP contribution < -0.4 is 15.4 Å². The van der Waals surface area contributed by atoms with Gasteiger partial charge >= 0.3 is 0 Å². The molecule has 1 aromatic rings. The lowest BCUT2D eigenvalue weighted by Crippen LogP contribution is -2.32. The molecule has 2 N–H and O–H groups in total. The topological polar surface area (TPSA) is 50.4 Å². The number of methoxy groups -OCH3 is 1. The highest BCUT2D eigenvalue weighted by Gasteiger charge is 2.13. The Labute approximate surface area is 127 Å². The van der Waals surface area contributed by atoms with Crippen LogP contribution >= 0.6 is 0 Å². The second-order valence-corrected chi connectivity index (χ2v) is 5.63. The SMILES string of the molecule is COc1ccc(CCNC(=O)CCNC2CCCC2)cc1. The van der Waals surface area contributed by atoms with Gasteiger partial charge in [0.25, 0.3) is 0 Å². The molecule has 2 rings (SSSR count). The lowest BCUT2D eigenvalue weighted by Gasteiger charge is -2.11. The molecule has 0 atom stereocenters. The highest BCUT2D eigenvalue weighted by Crippen LogP contribution is 2.17. The van der Waals surface area contributed by atoms with Gasteiger partial charge in [-0.25, -0.2) is 0 Å². The standard InChI is InChI=1S/C17H26N2O2/c1-21-16-8-6-14(7-9-16)10-12-19-17(20)11-13-18-15-4-2-3-5-15/h6-9,15,18H,2-5,10-13H2,1H3,(H,19,20). The summed E-state index contributed by atoms with van der Waals surface area (Å²) < 4.78 is 5.12. The summed E-state index contributed by atoms with van der Waals surface area (Å²) in [4.78, 5) is 11.7. The van der Waals surface area contributed by atoms with Gasteiger partial charge in [0.05, 0.1) is 7.11 Å². The monoisotopic (exact) mass is 290 g/mol. The molecule has 0 unspecified atom stereocenters. The van der Waals surface area contributed by atoms with E-state index in [0.717, 1.165) is 18.7 Å². The smallest absolute Gasteiger partial charge is 0.221 e. The minimum atomic E-state index is 0.133.